The van der Waals surface area contributed by atoms with E-state index in [0.29, 0.717) is 24.0 Å². The molecule has 2 rings (SSSR count). The van der Waals surface area contributed by atoms with Gasteiger partial charge in [0, 0.05) is 11.1 Å². The standard InChI is InChI=1S/C13H16N2O2/c1-9-10(2)12(17)15(11(9)16)13(8-14)6-4-3-5-7-13/h3-7H2,1-2H3. The molecule has 4 heteroatoms. The van der Waals surface area contributed by atoms with Crippen molar-refractivity contribution >= 4 is 11.8 Å². The Kier molecular flexibility index (Phi) is 2.78. The normalized spacial score (nSPS) is 24.2. The molecule has 90 valence electrons. The number of hydrogen-bond donors (Lipinski definition) is 0. The van der Waals surface area contributed by atoms with Gasteiger partial charge in [-0.25, -0.2) is 0 Å². The van der Waals surface area contributed by atoms with E-state index in [9.17, 15) is 14.9 Å². The van der Waals surface area contributed by atoms with Gasteiger partial charge in [-0.2, -0.15) is 5.26 Å². The summed E-state index contributed by atoms with van der Waals surface area (Å²) in [4.78, 5) is 25.4. The largest absolute Gasteiger partial charge is 0.269 e. The quantitative estimate of drug-likeness (QED) is 0.649. The summed E-state index contributed by atoms with van der Waals surface area (Å²) in [6.07, 6.45) is 4.11. The SMILES string of the molecule is CC1=C(C)C(=O)N(C2(C#N)CCCCC2)C1=O. The summed E-state index contributed by atoms with van der Waals surface area (Å²) >= 11 is 0. The molecular formula is C13H16N2O2. The second kappa shape index (κ2) is 3.99. The van der Waals surface area contributed by atoms with Gasteiger partial charge in [-0.15, -0.1) is 0 Å². The topological polar surface area (TPSA) is 61.2 Å². The molecule has 0 saturated heterocycles. The van der Waals surface area contributed by atoms with Crippen molar-refractivity contribution in [3.8, 4) is 6.07 Å². The van der Waals surface area contributed by atoms with Crippen LogP contribution in [-0.2, 0) is 9.59 Å². The number of nitrogens with zero attached hydrogens (tertiary/aromatic N) is 2. The molecule has 4 nitrogen and oxygen atoms in total. The van der Waals surface area contributed by atoms with Gasteiger partial charge in [-0.05, 0) is 26.7 Å². The summed E-state index contributed by atoms with van der Waals surface area (Å²) in [7, 11) is 0. The van der Waals surface area contributed by atoms with Crippen molar-refractivity contribution in [3.63, 3.8) is 0 Å². The third-order valence-electron chi connectivity index (χ3n) is 3.93. The predicted molar refractivity (Wildman–Crippen MR) is 61.7 cm³/mol. The minimum absolute atomic E-state index is 0.282. The lowest BCUT2D eigenvalue weighted by atomic mass is 9.81. The van der Waals surface area contributed by atoms with Gasteiger partial charge in [0.05, 0.1) is 6.07 Å². The molecule has 1 heterocycles. The fourth-order valence-corrected chi connectivity index (χ4v) is 2.66. The number of carbonyl (C=O) groups is 2. The first-order valence-corrected chi connectivity index (χ1v) is 6.01. The van der Waals surface area contributed by atoms with Crippen LogP contribution in [0, 0.1) is 11.3 Å². The summed E-state index contributed by atoms with van der Waals surface area (Å²) in [6.45, 7) is 3.31. The van der Waals surface area contributed by atoms with Crippen molar-refractivity contribution in [2.45, 2.75) is 51.5 Å². The zero-order chi connectivity index (χ0) is 12.6. The second-order valence-electron chi connectivity index (χ2n) is 4.90. The van der Waals surface area contributed by atoms with Gasteiger partial charge in [-0.1, -0.05) is 19.3 Å². The van der Waals surface area contributed by atoms with Crippen LogP contribution in [0.15, 0.2) is 11.1 Å². The third kappa shape index (κ3) is 1.57. The first-order chi connectivity index (χ1) is 8.03. The number of rotatable bonds is 1. The number of carbonyl (C=O) groups excluding carboxylic acids is 2. The second-order valence-corrected chi connectivity index (χ2v) is 4.90. The Bertz CT molecular complexity index is 427. The van der Waals surface area contributed by atoms with E-state index in [1.54, 1.807) is 13.8 Å². The Balaban J connectivity index is 2.38. The zero-order valence-corrected chi connectivity index (χ0v) is 10.2. The van der Waals surface area contributed by atoms with Crippen molar-refractivity contribution < 1.29 is 9.59 Å². The molecule has 0 atom stereocenters. The molecule has 0 aromatic rings. The molecule has 0 N–H and O–H groups in total. The zero-order valence-electron chi connectivity index (χ0n) is 10.2. The van der Waals surface area contributed by atoms with Gasteiger partial charge in [0.15, 0.2) is 0 Å². The molecule has 0 aromatic carbocycles. The van der Waals surface area contributed by atoms with Gasteiger partial charge < -0.3 is 0 Å². The highest BCUT2D eigenvalue weighted by atomic mass is 16.2. The molecule has 1 saturated carbocycles. The molecule has 2 amide bonds. The molecular weight excluding hydrogens is 216 g/mol. The van der Waals surface area contributed by atoms with Crippen LogP contribution < -0.4 is 0 Å². The lowest BCUT2D eigenvalue weighted by Gasteiger charge is -2.37. The van der Waals surface area contributed by atoms with Crippen LogP contribution in [0.4, 0.5) is 0 Å². The molecule has 0 unspecified atom stereocenters. The van der Waals surface area contributed by atoms with Crippen molar-refractivity contribution in [3.05, 3.63) is 11.1 Å². The van der Waals surface area contributed by atoms with Crippen LogP contribution in [0.25, 0.3) is 0 Å². The van der Waals surface area contributed by atoms with E-state index < -0.39 is 5.54 Å². The van der Waals surface area contributed by atoms with Gasteiger partial charge in [0.1, 0.15) is 5.54 Å². The highest BCUT2D eigenvalue weighted by Gasteiger charge is 2.48. The molecule has 0 radical (unpaired) electrons. The average Bonchev–Trinajstić information content (AvgIpc) is 2.55. The van der Waals surface area contributed by atoms with Crippen molar-refractivity contribution in [2.75, 3.05) is 0 Å². The molecule has 2 aliphatic rings. The number of imide groups is 1. The van der Waals surface area contributed by atoms with Crippen molar-refractivity contribution in [1.82, 2.24) is 4.90 Å². The van der Waals surface area contributed by atoms with Crippen LogP contribution >= 0.6 is 0 Å². The molecule has 0 spiro atoms. The van der Waals surface area contributed by atoms with Crippen LogP contribution in [0.2, 0.25) is 0 Å². The fraction of sp³-hybridized carbons (Fsp3) is 0.615. The highest BCUT2D eigenvalue weighted by Crippen LogP contribution is 2.37. The van der Waals surface area contributed by atoms with E-state index in [-0.39, 0.29) is 11.8 Å². The maximum atomic E-state index is 12.1. The Morgan fingerprint density at radius 1 is 1.06 bits per heavy atom. The van der Waals surface area contributed by atoms with Crippen molar-refractivity contribution in [1.29, 1.82) is 5.26 Å². The van der Waals surface area contributed by atoms with E-state index in [1.165, 1.54) is 4.90 Å². The smallest absolute Gasteiger partial charge is 0.258 e. The van der Waals surface area contributed by atoms with Gasteiger partial charge in [0.25, 0.3) is 11.8 Å². The lowest BCUT2D eigenvalue weighted by Crippen LogP contribution is -2.52. The summed E-state index contributed by atoms with van der Waals surface area (Å²) in [5.74, 6) is -0.563. The molecule has 1 fully saturated rings. The van der Waals surface area contributed by atoms with Gasteiger partial charge in [-0.3, -0.25) is 14.5 Å². The minimum Gasteiger partial charge on any atom is -0.269 e. The van der Waals surface area contributed by atoms with Crippen LogP contribution in [0.5, 0.6) is 0 Å². The van der Waals surface area contributed by atoms with E-state index in [4.69, 9.17) is 0 Å². The van der Waals surface area contributed by atoms with Crippen LogP contribution in [0.3, 0.4) is 0 Å². The fourth-order valence-electron chi connectivity index (χ4n) is 2.66. The summed E-state index contributed by atoms with van der Waals surface area (Å²) in [5.41, 5.74) is 0.0659. The third-order valence-corrected chi connectivity index (χ3v) is 3.93. The number of nitriles is 1. The minimum atomic E-state index is -0.897. The Labute approximate surface area is 101 Å². The maximum absolute atomic E-state index is 12.1. The van der Waals surface area contributed by atoms with Crippen LogP contribution in [0.1, 0.15) is 46.0 Å². The highest BCUT2D eigenvalue weighted by molar-refractivity contribution is 6.19. The maximum Gasteiger partial charge on any atom is 0.258 e. The Morgan fingerprint density at radius 3 is 1.94 bits per heavy atom. The van der Waals surface area contributed by atoms with Crippen LogP contribution in [-0.4, -0.2) is 22.3 Å². The Morgan fingerprint density at radius 2 is 1.53 bits per heavy atom. The number of hydrogen-bond acceptors (Lipinski definition) is 3. The van der Waals surface area contributed by atoms with Gasteiger partial charge in [0.2, 0.25) is 0 Å². The molecule has 0 bridgehead atoms. The van der Waals surface area contributed by atoms with E-state index >= 15 is 0 Å². The lowest BCUT2D eigenvalue weighted by molar-refractivity contribution is -0.143. The molecule has 1 aliphatic carbocycles. The van der Waals surface area contributed by atoms with E-state index in [2.05, 4.69) is 6.07 Å². The summed E-state index contributed by atoms with van der Waals surface area (Å²) < 4.78 is 0. The Hall–Kier alpha value is -1.63. The number of amides is 2. The monoisotopic (exact) mass is 232 g/mol. The van der Waals surface area contributed by atoms with E-state index in [1.807, 2.05) is 0 Å². The summed E-state index contributed by atoms with van der Waals surface area (Å²) in [5, 5.41) is 9.40. The van der Waals surface area contributed by atoms with Gasteiger partial charge >= 0.3 is 0 Å². The average molecular weight is 232 g/mol. The van der Waals surface area contributed by atoms with Crippen molar-refractivity contribution in [2.24, 2.45) is 0 Å². The molecule has 17 heavy (non-hydrogen) atoms. The molecule has 1 aliphatic heterocycles. The predicted octanol–water partition coefficient (Wildman–Crippen LogP) is 1.92. The van der Waals surface area contributed by atoms with E-state index in [0.717, 1.165) is 19.3 Å². The first-order valence-electron chi connectivity index (χ1n) is 6.01. The first kappa shape index (κ1) is 11.8. The molecule has 0 aromatic heterocycles. The summed E-state index contributed by atoms with van der Waals surface area (Å²) in [6, 6.07) is 2.22.